The molecule has 0 spiro atoms. The zero-order valence-electron chi connectivity index (χ0n) is 12.5. The number of amides is 1. The third-order valence-corrected chi connectivity index (χ3v) is 5.67. The number of rotatable bonds is 2. The molecule has 2 aliphatic heterocycles. The molecule has 0 aromatic rings. The molecule has 1 saturated carbocycles. The van der Waals surface area contributed by atoms with Crippen LogP contribution in [0, 0.1) is 11.8 Å². The number of fused-ring (bicyclic) bond motifs is 1. The van der Waals surface area contributed by atoms with E-state index in [1.807, 2.05) is 4.90 Å². The summed E-state index contributed by atoms with van der Waals surface area (Å²) >= 11 is 0. The van der Waals surface area contributed by atoms with Gasteiger partial charge in [-0.25, -0.2) is 0 Å². The van der Waals surface area contributed by atoms with E-state index in [2.05, 4.69) is 6.92 Å². The highest BCUT2D eigenvalue weighted by Crippen LogP contribution is 2.40. The van der Waals surface area contributed by atoms with Crippen molar-refractivity contribution in [2.75, 3.05) is 19.7 Å². The van der Waals surface area contributed by atoms with E-state index in [1.54, 1.807) is 0 Å². The number of carbonyl (C=O) groups is 1. The smallest absolute Gasteiger partial charge is 0.228 e. The predicted molar refractivity (Wildman–Crippen MR) is 76.2 cm³/mol. The minimum absolute atomic E-state index is 0.0507. The molecular weight excluding hydrogens is 254 g/mol. The summed E-state index contributed by atoms with van der Waals surface area (Å²) in [5.74, 6) is 0.605. The van der Waals surface area contributed by atoms with Gasteiger partial charge < -0.3 is 14.7 Å². The summed E-state index contributed by atoms with van der Waals surface area (Å²) in [4.78, 5) is 14.7. The molecule has 3 fully saturated rings. The van der Waals surface area contributed by atoms with E-state index in [1.165, 1.54) is 6.42 Å². The van der Waals surface area contributed by atoms with Gasteiger partial charge in [-0.15, -0.1) is 0 Å². The zero-order chi connectivity index (χ0) is 14.2. The fraction of sp³-hybridized carbons (Fsp3) is 0.938. The quantitative estimate of drug-likeness (QED) is 0.841. The summed E-state index contributed by atoms with van der Waals surface area (Å²) in [6.07, 6.45) is 6.96. The topological polar surface area (TPSA) is 49.8 Å². The largest absolute Gasteiger partial charge is 0.389 e. The highest BCUT2D eigenvalue weighted by atomic mass is 16.5. The van der Waals surface area contributed by atoms with Crippen LogP contribution in [0.25, 0.3) is 0 Å². The second kappa shape index (κ2) is 5.64. The van der Waals surface area contributed by atoms with Crippen molar-refractivity contribution in [3.05, 3.63) is 0 Å². The lowest BCUT2D eigenvalue weighted by Crippen LogP contribution is -2.56. The number of nitrogens with zero attached hydrogens (tertiary/aromatic N) is 1. The van der Waals surface area contributed by atoms with Gasteiger partial charge in [0.25, 0.3) is 0 Å². The SMILES string of the molecule is CCC1OCCC1C(=O)N1CCC2(O)CCCCC2C1. The Labute approximate surface area is 121 Å². The molecular formula is C16H27NO3. The summed E-state index contributed by atoms with van der Waals surface area (Å²) in [6, 6.07) is 0. The summed E-state index contributed by atoms with van der Waals surface area (Å²) in [5, 5.41) is 10.7. The molecule has 1 aliphatic carbocycles. The predicted octanol–water partition coefficient (Wildman–Crippen LogP) is 1.96. The average Bonchev–Trinajstić information content (AvgIpc) is 2.94. The minimum atomic E-state index is -0.495. The molecule has 0 radical (unpaired) electrons. The van der Waals surface area contributed by atoms with Crippen molar-refractivity contribution < 1.29 is 14.6 Å². The van der Waals surface area contributed by atoms with E-state index in [9.17, 15) is 9.90 Å². The van der Waals surface area contributed by atoms with Crippen molar-refractivity contribution in [2.45, 2.75) is 63.6 Å². The molecule has 0 aromatic carbocycles. The second-order valence-corrected chi connectivity index (χ2v) is 6.79. The Balaban J connectivity index is 1.65. The van der Waals surface area contributed by atoms with Crippen molar-refractivity contribution in [3.8, 4) is 0 Å². The van der Waals surface area contributed by atoms with Crippen LogP contribution in [0.2, 0.25) is 0 Å². The van der Waals surface area contributed by atoms with Gasteiger partial charge in [-0.2, -0.15) is 0 Å². The van der Waals surface area contributed by atoms with Crippen LogP contribution in [0.1, 0.15) is 51.9 Å². The fourth-order valence-corrected chi connectivity index (χ4v) is 4.34. The Morgan fingerprint density at radius 2 is 2.20 bits per heavy atom. The summed E-state index contributed by atoms with van der Waals surface area (Å²) in [7, 11) is 0. The van der Waals surface area contributed by atoms with Crippen LogP contribution in [0.3, 0.4) is 0 Å². The highest BCUT2D eigenvalue weighted by Gasteiger charge is 2.45. The number of aliphatic hydroxyl groups is 1. The first-order valence-electron chi connectivity index (χ1n) is 8.27. The van der Waals surface area contributed by atoms with Crippen LogP contribution < -0.4 is 0 Å². The number of likely N-dealkylation sites (tertiary alicyclic amines) is 1. The van der Waals surface area contributed by atoms with E-state index in [0.29, 0.717) is 0 Å². The molecule has 1 N–H and O–H groups in total. The van der Waals surface area contributed by atoms with E-state index in [-0.39, 0.29) is 23.8 Å². The third-order valence-electron chi connectivity index (χ3n) is 5.67. The lowest BCUT2D eigenvalue weighted by atomic mass is 9.71. The molecule has 4 unspecified atom stereocenters. The number of hydrogen-bond acceptors (Lipinski definition) is 3. The first-order valence-corrected chi connectivity index (χ1v) is 8.27. The molecule has 2 saturated heterocycles. The van der Waals surface area contributed by atoms with Gasteiger partial charge in [-0.3, -0.25) is 4.79 Å². The fourth-order valence-electron chi connectivity index (χ4n) is 4.34. The van der Waals surface area contributed by atoms with Gasteiger partial charge in [0.15, 0.2) is 0 Å². The van der Waals surface area contributed by atoms with Gasteiger partial charge in [0.2, 0.25) is 5.91 Å². The molecule has 114 valence electrons. The summed E-state index contributed by atoms with van der Waals surface area (Å²) < 4.78 is 5.66. The van der Waals surface area contributed by atoms with Crippen LogP contribution >= 0.6 is 0 Å². The average molecular weight is 281 g/mol. The third kappa shape index (κ3) is 2.48. The van der Waals surface area contributed by atoms with Gasteiger partial charge in [-0.05, 0) is 32.1 Å². The van der Waals surface area contributed by atoms with Crippen LogP contribution in [0.4, 0.5) is 0 Å². The molecule has 0 aromatic heterocycles. The minimum Gasteiger partial charge on any atom is -0.389 e. The standard InChI is InChI=1S/C16H27NO3/c1-2-14-13(6-10-20-14)15(18)17-9-8-16(19)7-4-3-5-12(16)11-17/h12-14,19H,2-11H2,1H3. The van der Waals surface area contributed by atoms with Crippen molar-refractivity contribution in [3.63, 3.8) is 0 Å². The first kappa shape index (κ1) is 14.3. The van der Waals surface area contributed by atoms with Gasteiger partial charge in [0.05, 0.1) is 17.6 Å². The van der Waals surface area contributed by atoms with Gasteiger partial charge >= 0.3 is 0 Å². The molecule has 4 nitrogen and oxygen atoms in total. The van der Waals surface area contributed by atoms with Crippen LogP contribution in [0.5, 0.6) is 0 Å². The molecule has 3 rings (SSSR count). The zero-order valence-corrected chi connectivity index (χ0v) is 12.5. The molecule has 0 bridgehead atoms. The van der Waals surface area contributed by atoms with Crippen LogP contribution in [-0.4, -0.2) is 47.3 Å². The van der Waals surface area contributed by atoms with E-state index < -0.39 is 5.60 Å². The maximum Gasteiger partial charge on any atom is 0.228 e. The van der Waals surface area contributed by atoms with Crippen molar-refractivity contribution in [1.29, 1.82) is 0 Å². The Bertz CT molecular complexity index is 373. The number of piperidine rings is 1. The maximum atomic E-state index is 12.7. The molecule has 2 heterocycles. The molecule has 4 heteroatoms. The Hall–Kier alpha value is -0.610. The van der Waals surface area contributed by atoms with Crippen LogP contribution in [-0.2, 0) is 9.53 Å². The Morgan fingerprint density at radius 1 is 1.35 bits per heavy atom. The second-order valence-electron chi connectivity index (χ2n) is 6.79. The lowest BCUT2D eigenvalue weighted by Gasteiger charge is -2.48. The van der Waals surface area contributed by atoms with Crippen molar-refractivity contribution in [1.82, 2.24) is 4.90 Å². The lowest BCUT2D eigenvalue weighted by molar-refractivity contribution is -0.149. The Morgan fingerprint density at radius 3 is 3.00 bits per heavy atom. The number of ether oxygens (including phenoxy) is 1. The molecule has 1 amide bonds. The van der Waals surface area contributed by atoms with Crippen molar-refractivity contribution in [2.24, 2.45) is 11.8 Å². The molecule has 20 heavy (non-hydrogen) atoms. The summed E-state index contributed by atoms with van der Waals surface area (Å²) in [6.45, 7) is 4.28. The first-order chi connectivity index (χ1) is 9.64. The van der Waals surface area contributed by atoms with E-state index in [4.69, 9.17) is 4.74 Å². The van der Waals surface area contributed by atoms with Gasteiger partial charge in [0, 0.05) is 25.6 Å². The molecule has 3 aliphatic rings. The summed E-state index contributed by atoms with van der Waals surface area (Å²) in [5.41, 5.74) is -0.495. The van der Waals surface area contributed by atoms with E-state index >= 15 is 0 Å². The highest BCUT2D eigenvalue weighted by molar-refractivity contribution is 5.80. The van der Waals surface area contributed by atoms with Crippen molar-refractivity contribution >= 4 is 5.91 Å². The molecule has 4 atom stereocenters. The normalized spacial score (nSPS) is 41.5. The monoisotopic (exact) mass is 281 g/mol. The number of hydrogen-bond donors (Lipinski definition) is 1. The number of carbonyl (C=O) groups excluding carboxylic acids is 1. The van der Waals surface area contributed by atoms with Gasteiger partial charge in [0.1, 0.15) is 0 Å². The maximum absolute atomic E-state index is 12.7. The van der Waals surface area contributed by atoms with Gasteiger partial charge in [-0.1, -0.05) is 19.8 Å². The Kier molecular flexibility index (Phi) is 4.04. The van der Waals surface area contributed by atoms with E-state index in [0.717, 1.165) is 58.2 Å². The van der Waals surface area contributed by atoms with Crippen LogP contribution in [0.15, 0.2) is 0 Å².